The zero-order valence-corrected chi connectivity index (χ0v) is 19.7. The van der Waals surface area contributed by atoms with Gasteiger partial charge in [0.25, 0.3) is 11.7 Å². The molecule has 2 N–H and O–H groups in total. The second-order valence-corrected chi connectivity index (χ2v) is 9.17. The number of ketones is 1. The number of Topliss-reactive ketones (excluding diaryl/α,β-unsaturated/α-hetero) is 1. The number of aliphatic hydroxyl groups excluding tert-OH is 1. The Kier molecular flexibility index (Phi) is 6.22. The highest BCUT2D eigenvalue weighted by molar-refractivity contribution is 6.46. The number of ether oxygens (including phenoxy) is 1. The molecule has 7 heteroatoms. The maximum absolute atomic E-state index is 13.2. The van der Waals surface area contributed by atoms with E-state index in [1.807, 2.05) is 18.2 Å². The van der Waals surface area contributed by atoms with Crippen LogP contribution in [0.25, 0.3) is 5.76 Å². The van der Waals surface area contributed by atoms with Crippen molar-refractivity contribution in [2.45, 2.75) is 25.3 Å². The zero-order valence-electron chi connectivity index (χ0n) is 18.9. The first-order valence-corrected chi connectivity index (χ1v) is 11.9. The molecule has 0 radical (unpaired) electrons. The minimum atomic E-state index is -0.782. The first-order valence-electron chi connectivity index (χ1n) is 11.5. The van der Waals surface area contributed by atoms with Crippen molar-refractivity contribution in [2.24, 2.45) is 0 Å². The lowest BCUT2D eigenvalue weighted by molar-refractivity contribution is -0.139. The number of rotatable bonds is 5. The molecule has 0 saturated carbocycles. The summed E-state index contributed by atoms with van der Waals surface area (Å²) in [6.07, 6.45) is 2.20. The summed E-state index contributed by atoms with van der Waals surface area (Å²) in [6.45, 7) is 0.921. The largest absolute Gasteiger partial charge is 0.508 e. The Labute approximate surface area is 208 Å². The Bertz CT molecular complexity index is 1310. The Morgan fingerprint density at radius 3 is 2.51 bits per heavy atom. The zero-order chi connectivity index (χ0) is 24.5. The average molecular weight is 490 g/mol. The van der Waals surface area contributed by atoms with Gasteiger partial charge in [0.15, 0.2) is 0 Å². The number of amides is 1. The lowest BCUT2D eigenvalue weighted by atomic mass is 9.94. The van der Waals surface area contributed by atoms with E-state index in [1.165, 1.54) is 17.0 Å². The van der Waals surface area contributed by atoms with E-state index < -0.39 is 17.7 Å². The minimum absolute atomic E-state index is 0.0356. The molecule has 2 heterocycles. The van der Waals surface area contributed by atoms with Crippen LogP contribution in [0.15, 0.2) is 72.3 Å². The molecule has 178 valence electrons. The van der Waals surface area contributed by atoms with E-state index in [0.29, 0.717) is 29.2 Å². The van der Waals surface area contributed by atoms with Crippen LogP contribution < -0.4 is 4.74 Å². The maximum Gasteiger partial charge on any atom is 0.295 e. The molecule has 2 aliphatic rings. The van der Waals surface area contributed by atoms with E-state index in [4.69, 9.17) is 16.3 Å². The number of benzene rings is 3. The van der Waals surface area contributed by atoms with Crippen molar-refractivity contribution in [2.75, 3.05) is 13.2 Å². The lowest BCUT2D eigenvalue weighted by Crippen LogP contribution is -2.31. The molecule has 6 nitrogen and oxygen atoms in total. The Balaban J connectivity index is 1.55. The summed E-state index contributed by atoms with van der Waals surface area (Å²) in [5.41, 5.74) is 3.05. The Morgan fingerprint density at radius 2 is 1.77 bits per heavy atom. The van der Waals surface area contributed by atoms with Crippen molar-refractivity contribution in [3.63, 3.8) is 0 Å². The molecule has 5 rings (SSSR count). The van der Waals surface area contributed by atoms with Crippen LogP contribution in [0.4, 0.5) is 0 Å². The number of likely N-dealkylation sites (tertiary alicyclic amines) is 1. The number of aromatic hydroxyl groups is 1. The third-order valence-electron chi connectivity index (χ3n) is 6.49. The number of aryl methyl sites for hydroxylation is 1. The van der Waals surface area contributed by atoms with Crippen LogP contribution in [0.3, 0.4) is 0 Å². The van der Waals surface area contributed by atoms with Crippen molar-refractivity contribution in [1.82, 2.24) is 4.90 Å². The molecule has 2 aliphatic heterocycles. The number of phenols is 1. The summed E-state index contributed by atoms with van der Waals surface area (Å²) in [5, 5.41) is 21.7. The number of aliphatic hydroxyl groups is 1. The summed E-state index contributed by atoms with van der Waals surface area (Å²) < 4.78 is 5.66. The number of hydrogen-bond acceptors (Lipinski definition) is 5. The van der Waals surface area contributed by atoms with Gasteiger partial charge in [-0.2, -0.15) is 0 Å². The molecule has 35 heavy (non-hydrogen) atoms. The fourth-order valence-electron chi connectivity index (χ4n) is 4.68. The fraction of sp³-hybridized carbons (Fsp3) is 0.214. The second-order valence-electron chi connectivity index (χ2n) is 8.74. The normalized spacial score (nSPS) is 18.9. The van der Waals surface area contributed by atoms with Crippen LogP contribution in [0, 0.1) is 0 Å². The molecule has 0 spiro atoms. The maximum atomic E-state index is 13.2. The van der Waals surface area contributed by atoms with Gasteiger partial charge in [0.1, 0.15) is 17.3 Å². The fourth-order valence-corrected chi connectivity index (χ4v) is 4.80. The summed E-state index contributed by atoms with van der Waals surface area (Å²) in [7, 11) is 0. The Morgan fingerprint density at radius 1 is 1.03 bits per heavy atom. The summed E-state index contributed by atoms with van der Waals surface area (Å²) in [4.78, 5) is 27.9. The molecule has 1 atom stereocenters. The molecular formula is C28H24ClNO5. The van der Waals surface area contributed by atoms with Gasteiger partial charge in [0, 0.05) is 17.1 Å². The van der Waals surface area contributed by atoms with Gasteiger partial charge in [0.05, 0.1) is 18.2 Å². The molecule has 0 aromatic heterocycles. The highest BCUT2D eigenvalue weighted by Gasteiger charge is 2.45. The lowest BCUT2D eigenvalue weighted by Gasteiger charge is -2.25. The van der Waals surface area contributed by atoms with E-state index in [2.05, 4.69) is 0 Å². The van der Waals surface area contributed by atoms with Crippen LogP contribution in [-0.4, -0.2) is 40.0 Å². The third kappa shape index (κ3) is 4.49. The molecule has 1 unspecified atom stereocenters. The quantitative estimate of drug-likeness (QED) is 0.298. The van der Waals surface area contributed by atoms with Gasteiger partial charge in [0.2, 0.25) is 0 Å². The van der Waals surface area contributed by atoms with Gasteiger partial charge < -0.3 is 19.8 Å². The van der Waals surface area contributed by atoms with Gasteiger partial charge >= 0.3 is 0 Å². The van der Waals surface area contributed by atoms with Crippen molar-refractivity contribution < 1.29 is 24.5 Å². The molecule has 1 saturated heterocycles. The van der Waals surface area contributed by atoms with Crippen molar-refractivity contribution >= 4 is 29.1 Å². The van der Waals surface area contributed by atoms with Crippen molar-refractivity contribution in [3.05, 3.63) is 99.6 Å². The minimum Gasteiger partial charge on any atom is -0.508 e. The van der Waals surface area contributed by atoms with Crippen molar-refractivity contribution in [1.29, 1.82) is 0 Å². The molecule has 0 aliphatic carbocycles. The monoisotopic (exact) mass is 489 g/mol. The van der Waals surface area contributed by atoms with E-state index in [1.54, 1.807) is 36.4 Å². The van der Waals surface area contributed by atoms with E-state index in [-0.39, 0.29) is 23.6 Å². The third-order valence-corrected chi connectivity index (χ3v) is 6.74. The van der Waals surface area contributed by atoms with Gasteiger partial charge in [-0.1, -0.05) is 35.9 Å². The van der Waals surface area contributed by atoms with Crippen LogP contribution in [-0.2, 0) is 22.4 Å². The number of fused-ring (bicyclic) bond motifs is 1. The van der Waals surface area contributed by atoms with Crippen LogP contribution in [0.2, 0.25) is 5.02 Å². The van der Waals surface area contributed by atoms with Crippen LogP contribution >= 0.6 is 11.6 Å². The Hall–Kier alpha value is -3.77. The first-order chi connectivity index (χ1) is 16.9. The summed E-state index contributed by atoms with van der Waals surface area (Å²) in [6, 6.07) is 18.2. The van der Waals surface area contributed by atoms with Crippen LogP contribution in [0.5, 0.6) is 11.5 Å². The number of phenolic OH excluding ortho intramolecular Hbond substituents is 1. The van der Waals surface area contributed by atoms with E-state index >= 15 is 0 Å². The number of carbonyl (C=O) groups is 2. The first kappa shape index (κ1) is 23.0. The summed E-state index contributed by atoms with van der Waals surface area (Å²) in [5.74, 6) is -0.776. The SMILES string of the molecule is O=C1C(=O)N(CCc2ccc(Cl)cc2)C(c2ccc(O)cc2)/C1=C(/O)c1ccc2c(c1)CCCO2. The van der Waals surface area contributed by atoms with Gasteiger partial charge in [-0.15, -0.1) is 0 Å². The molecular weight excluding hydrogens is 466 g/mol. The molecule has 1 fully saturated rings. The number of nitrogens with zero attached hydrogens (tertiary/aromatic N) is 1. The predicted octanol–water partition coefficient (Wildman–Crippen LogP) is 5.04. The molecule has 0 bridgehead atoms. The highest BCUT2D eigenvalue weighted by Crippen LogP contribution is 2.40. The number of halogens is 1. The molecule has 1 amide bonds. The standard InChI is InChI=1S/C28H24ClNO5/c29-21-8-3-17(4-9-21)13-14-30-25(18-5-10-22(31)11-6-18)24(27(33)28(30)34)26(32)20-7-12-23-19(16-20)2-1-15-35-23/h3-12,16,25,31-32H,1-2,13-15H2/b26-24-. The van der Waals surface area contributed by atoms with E-state index in [0.717, 1.165) is 29.7 Å². The van der Waals surface area contributed by atoms with Crippen molar-refractivity contribution in [3.8, 4) is 11.5 Å². The average Bonchev–Trinajstić information content (AvgIpc) is 3.13. The number of carbonyl (C=O) groups excluding carboxylic acids is 2. The molecule has 3 aromatic rings. The van der Waals surface area contributed by atoms with Gasteiger partial charge in [-0.3, -0.25) is 9.59 Å². The predicted molar refractivity (Wildman–Crippen MR) is 133 cm³/mol. The van der Waals surface area contributed by atoms with Crippen LogP contribution in [0.1, 0.15) is 34.7 Å². The smallest absolute Gasteiger partial charge is 0.295 e. The number of hydrogen-bond donors (Lipinski definition) is 2. The molecule has 3 aromatic carbocycles. The van der Waals surface area contributed by atoms with Gasteiger partial charge in [-0.05, 0) is 78.4 Å². The topological polar surface area (TPSA) is 87.1 Å². The second kappa shape index (κ2) is 9.47. The highest BCUT2D eigenvalue weighted by atomic mass is 35.5. The summed E-state index contributed by atoms with van der Waals surface area (Å²) >= 11 is 5.98. The van der Waals surface area contributed by atoms with Gasteiger partial charge in [-0.25, -0.2) is 0 Å². The van der Waals surface area contributed by atoms with E-state index in [9.17, 15) is 19.8 Å².